The second kappa shape index (κ2) is 11.9. The Balaban J connectivity index is 1.35. The Labute approximate surface area is 274 Å². The largest absolute Gasteiger partial charge is 0.309 e. The van der Waals surface area contributed by atoms with Gasteiger partial charge in [0.15, 0.2) is 14.3 Å². The molecule has 0 unspecified atom stereocenters. The summed E-state index contributed by atoms with van der Waals surface area (Å²) < 4.78 is 32.7. The van der Waals surface area contributed by atoms with Crippen molar-refractivity contribution in [1.29, 1.82) is 0 Å². The van der Waals surface area contributed by atoms with Gasteiger partial charge in [-0.15, -0.1) is 0 Å². The van der Waals surface area contributed by atoms with Crippen LogP contribution < -0.4 is 31.8 Å². The first-order valence-electron chi connectivity index (χ1n) is 15.7. The van der Waals surface area contributed by atoms with Crippen molar-refractivity contribution in [3.63, 3.8) is 0 Å². The van der Waals surface area contributed by atoms with Crippen LogP contribution in [-0.2, 0) is 9.13 Å². The summed E-state index contributed by atoms with van der Waals surface area (Å²) >= 11 is 0. The van der Waals surface area contributed by atoms with E-state index in [-0.39, 0.29) is 0 Å². The molecule has 8 aromatic rings. The van der Waals surface area contributed by atoms with E-state index in [1.807, 2.05) is 152 Å². The highest BCUT2D eigenvalue weighted by molar-refractivity contribution is 7.85. The molecule has 0 radical (unpaired) electrons. The van der Waals surface area contributed by atoms with Crippen LogP contribution in [0.1, 0.15) is 0 Å². The number of benzene rings is 7. The van der Waals surface area contributed by atoms with Crippen LogP contribution in [0.5, 0.6) is 0 Å². The predicted octanol–water partition coefficient (Wildman–Crippen LogP) is 8.06. The van der Waals surface area contributed by atoms with Gasteiger partial charge in [0.1, 0.15) is 0 Å². The summed E-state index contributed by atoms with van der Waals surface area (Å²) in [5.74, 6) is 0. The number of fused-ring (bicyclic) bond motifs is 3. The first kappa shape index (κ1) is 29.2. The molecule has 0 saturated heterocycles. The molecule has 0 bridgehead atoms. The molecule has 0 aliphatic heterocycles. The van der Waals surface area contributed by atoms with Gasteiger partial charge in [-0.3, -0.25) is 0 Å². The lowest BCUT2D eigenvalue weighted by molar-refractivity contribution is 0.591. The van der Waals surface area contributed by atoms with Gasteiger partial charge >= 0.3 is 0 Å². The Bertz CT molecular complexity index is 2370. The van der Waals surface area contributed by atoms with Crippen molar-refractivity contribution >= 4 is 67.9 Å². The minimum absolute atomic E-state index is 0.771. The van der Waals surface area contributed by atoms with E-state index < -0.39 is 14.3 Å². The zero-order valence-electron chi connectivity index (χ0n) is 25.6. The van der Waals surface area contributed by atoms with E-state index in [0.29, 0.717) is 0 Å². The quantitative estimate of drug-likeness (QED) is 0.165. The number of para-hydroxylation sites is 1. The molecular weight excluding hydrogens is 612 g/mol. The van der Waals surface area contributed by atoms with Crippen molar-refractivity contribution in [3.8, 4) is 5.69 Å². The lowest BCUT2D eigenvalue weighted by atomic mass is 10.1. The molecule has 1 aromatic heterocycles. The summed E-state index contributed by atoms with van der Waals surface area (Å²) in [6, 6.07) is 61.7. The Morgan fingerprint density at radius 1 is 0.319 bits per heavy atom. The molecule has 0 amide bonds. The van der Waals surface area contributed by atoms with Crippen molar-refractivity contribution in [3.05, 3.63) is 188 Å². The predicted molar refractivity (Wildman–Crippen MR) is 200 cm³/mol. The van der Waals surface area contributed by atoms with Gasteiger partial charge in [-0.2, -0.15) is 0 Å². The summed E-state index contributed by atoms with van der Waals surface area (Å²) in [6.45, 7) is 0. The van der Waals surface area contributed by atoms with E-state index in [0.717, 1.165) is 59.3 Å². The van der Waals surface area contributed by atoms with Gasteiger partial charge in [-0.1, -0.05) is 152 Å². The van der Waals surface area contributed by atoms with Crippen LogP contribution >= 0.6 is 14.3 Å². The third kappa shape index (κ3) is 4.83. The summed E-state index contributed by atoms with van der Waals surface area (Å²) in [4.78, 5) is 0. The highest BCUT2D eigenvalue weighted by Crippen LogP contribution is 2.45. The summed E-state index contributed by atoms with van der Waals surface area (Å²) in [5.41, 5.74) is 2.94. The molecule has 0 atom stereocenters. The molecule has 5 heteroatoms. The maximum Gasteiger partial charge on any atom is 0.171 e. The lowest BCUT2D eigenvalue weighted by Gasteiger charge is -2.21. The van der Waals surface area contributed by atoms with E-state index in [9.17, 15) is 0 Å². The molecule has 7 aromatic carbocycles. The Kier molecular flexibility index (Phi) is 7.38. The highest BCUT2D eigenvalue weighted by atomic mass is 31.2. The molecule has 3 nitrogen and oxygen atoms in total. The molecule has 0 aliphatic carbocycles. The van der Waals surface area contributed by atoms with Gasteiger partial charge in [-0.05, 0) is 36.4 Å². The van der Waals surface area contributed by atoms with E-state index in [4.69, 9.17) is 0 Å². The van der Waals surface area contributed by atoms with Crippen LogP contribution in [0.4, 0.5) is 0 Å². The second-order valence-corrected chi connectivity index (χ2v) is 17.2. The zero-order chi connectivity index (χ0) is 31.8. The van der Waals surface area contributed by atoms with Crippen LogP contribution in [0.15, 0.2) is 188 Å². The van der Waals surface area contributed by atoms with Crippen LogP contribution in [0.2, 0.25) is 0 Å². The van der Waals surface area contributed by atoms with E-state index in [1.165, 1.54) is 0 Å². The number of nitrogens with zero attached hydrogens (tertiary/aromatic N) is 1. The fourth-order valence-corrected chi connectivity index (χ4v) is 12.1. The third-order valence-electron chi connectivity index (χ3n) is 8.95. The van der Waals surface area contributed by atoms with Crippen LogP contribution in [0, 0.1) is 0 Å². The molecule has 8 rings (SSSR count). The maximum absolute atomic E-state index is 15.3. The van der Waals surface area contributed by atoms with E-state index >= 15 is 9.13 Å². The van der Waals surface area contributed by atoms with Gasteiger partial charge in [0.25, 0.3) is 0 Å². The smallest absolute Gasteiger partial charge is 0.171 e. The molecule has 47 heavy (non-hydrogen) atoms. The minimum atomic E-state index is -3.17. The second-order valence-electron chi connectivity index (χ2n) is 11.6. The lowest BCUT2D eigenvalue weighted by Crippen LogP contribution is -2.25. The average Bonchev–Trinajstić information content (AvgIpc) is 3.49. The van der Waals surface area contributed by atoms with Crippen molar-refractivity contribution in [2.24, 2.45) is 0 Å². The van der Waals surface area contributed by atoms with Crippen LogP contribution in [0.25, 0.3) is 27.5 Å². The van der Waals surface area contributed by atoms with E-state index in [2.05, 4.69) is 41.0 Å². The Morgan fingerprint density at radius 2 is 0.723 bits per heavy atom. The third-order valence-corrected chi connectivity index (χ3v) is 15.1. The first-order valence-corrected chi connectivity index (χ1v) is 19.1. The molecule has 0 N–H and O–H groups in total. The van der Waals surface area contributed by atoms with Crippen LogP contribution in [0.3, 0.4) is 0 Å². The van der Waals surface area contributed by atoms with Gasteiger partial charge < -0.3 is 13.7 Å². The first-order chi connectivity index (χ1) is 23.1. The summed E-state index contributed by atoms with van der Waals surface area (Å²) in [7, 11) is -6.34. The van der Waals surface area contributed by atoms with Gasteiger partial charge in [-0.25, -0.2) is 0 Å². The average molecular weight is 644 g/mol. The molecule has 0 aliphatic rings. The van der Waals surface area contributed by atoms with Crippen molar-refractivity contribution < 1.29 is 9.13 Å². The zero-order valence-corrected chi connectivity index (χ0v) is 27.3. The molecule has 0 spiro atoms. The number of hydrogen-bond acceptors (Lipinski definition) is 2. The van der Waals surface area contributed by atoms with Crippen LogP contribution in [-0.4, -0.2) is 4.57 Å². The van der Waals surface area contributed by atoms with E-state index in [1.54, 1.807) is 0 Å². The molecule has 0 saturated carbocycles. The maximum atomic E-state index is 15.3. The standard InChI is InChI=1S/C42H31NO2P2/c44-46(33-17-5-1-6-18-33,34-19-7-2-8-20-34)37-25-15-16-32(30-37)43-41-27-14-13-26-39(41)40-31-38(28-29-42(40)43)47(45,35-21-9-3-10-22-35)36-23-11-4-12-24-36/h1-31H. The Hall–Kier alpha value is -5.20. The topological polar surface area (TPSA) is 39.1 Å². The fraction of sp³-hybridized carbons (Fsp3) is 0. The van der Waals surface area contributed by atoms with Gasteiger partial charge in [0, 0.05) is 48.3 Å². The Morgan fingerprint density at radius 3 is 1.23 bits per heavy atom. The molecule has 226 valence electrons. The molecular formula is C42H31NO2P2. The number of hydrogen-bond donors (Lipinski definition) is 0. The normalized spacial score (nSPS) is 12.0. The van der Waals surface area contributed by atoms with Gasteiger partial charge in [0.05, 0.1) is 11.0 Å². The number of rotatable bonds is 7. The van der Waals surface area contributed by atoms with Gasteiger partial charge in [0.2, 0.25) is 0 Å². The SMILES string of the molecule is O=P(c1ccccc1)(c1ccccc1)c1cccc(-n2c3ccccc3c3cc(P(=O)(c4ccccc4)c4ccccc4)ccc32)c1. The molecule has 1 heterocycles. The van der Waals surface area contributed by atoms with Crippen molar-refractivity contribution in [2.75, 3.05) is 0 Å². The molecule has 0 fully saturated rings. The highest BCUT2D eigenvalue weighted by Gasteiger charge is 2.32. The number of aromatic nitrogens is 1. The van der Waals surface area contributed by atoms with Crippen molar-refractivity contribution in [2.45, 2.75) is 0 Å². The summed E-state index contributed by atoms with van der Waals surface area (Å²) in [5, 5.41) is 6.85. The fourth-order valence-electron chi connectivity index (χ4n) is 6.71. The minimum Gasteiger partial charge on any atom is -0.309 e. The summed E-state index contributed by atoms with van der Waals surface area (Å²) in [6.07, 6.45) is 0. The monoisotopic (exact) mass is 643 g/mol. The van der Waals surface area contributed by atoms with Crippen molar-refractivity contribution in [1.82, 2.24) is 4.57 Å².